The summed E-state index contributed by atoms with van der Waals surface area (Å²) in [5, 5.41) is 16.1. The van der Waals surface area contributed by atoms with Crippen LogP contribution in [0.25, 0.3) is 10.2 Å². The van der Waals surface area contributed by atoms with Crippen molar-refractivity contribution in [2.45, 2.75) is 26.0 Å². The molecule has 32 heavy (non-hydrogen) atoms. The van der Waals surface area contributed by atoms with E-state index in [0.29, 0.717) is 39.7 Å². The number of pyridine rings is 2. The molecule has 0 unspecified atom stereocenters. The van der Waals surface area contributed by atoms with Gasteiger partial charge in [-0.25, -0.2) is 0 Å². The van der Waals surface area contributed by atoms with Crippen LogP contribution in [0.3, 0.4) is 0 Å². The molecule has 1 aliphatic heterocycles. The van der Waals surface area contributed by atoms with Crippen LogP contribution in [0.15, 0.2) is 30.7 Å². The molecular formula is C21H25N7O3S. The number of hydrogen-bond acceptors (Lipinski definition) is 9. The Balaban J connectivity index is 1.62. The second-order valence-corrected chi connectivity index (χ2v) is 9.06. The third-order valence-corrected chi connectivity index (χ3v) is 6.41. The minimum atomic E-state index is -0.573. The van der Waals surface area contributed by atoms with Crippen molar-refractivity contribution in [3.05, 3.63) is 36.3 Å². The Labute approximate surface area is 188 Å². The van der Waals surface area contributed by atoms with E-state index in [0.717, 1.165) is 5.69 Å². The van der Waals surface area contributed by atoms with Gasteiger partial charge in [-0.2, -0.15) is 0 Å². The molecule has 2 amide bonds. The molecule has 3 atom stereocenters. The zero-order valence-corrected chi connectivity index (χ0v) is 18.5. The van der Waals surface area contributed by atoms with Gasteiger partial charge in [0, 0.05) is 38.2 Å². The molecule has 7 N–H and O–H groups in total. The second-order valence-electron chi connectivity index (χ2n) is 7.98. The van der Waals surface area contributed by atoms with Crippen molar-refractivity contribution < 1.29 is 14.7 Å². The molecule has 1 fully saturated rings. The standard InChI is InChI=1S/C21H25N7O3S/c1-10-8-28(9-13(22)19(10)30)15-3-4-24-7-14(15)27-21(31)17-18-16(32-20(17)23)5-12(6-25-18)26-11(2)29/h3-7,10,13,19,30H,8-9,22-23H2,1-2H3,(H,26,29)(H,27,31)/t10-,13+,19+/m0/s1. The SMILES string of the molecule is CC(=O)Nc1cnc2c(C(=O)Nc3cnccc3N3C[C@@H](N)[C@H](O)[C@@H](C)C3)c(N)sc2c1. The molecule has 0 radical (unpaired) electrons. The highest BCUT2D eigenvalue weighted by Gasteiger charge is 2.32. The van der Waals surface area contributed by atoms with E-state index in [-0.39, 0.29) is 17.4 Å². The fourth-order valence-corrected chi connectivity index (χ4v) is 4.91. The average molecular weight is 456 g/mol. The third-order valence-electron chi connectivity index (χ3n) is 5.45. The van der Waals surface area contributed by atoms with Crippen LogP contribution in [0.5, 0.6) is 0 Å². The summed E-state index contributed by atoms with van der Waals surface area (Å²) in [6.07, 6.45) is 4.13. The number of carbonyl (C=O) groups excluding carboxylic acids is 2. The van der Waals surface area contributed by atoms with E-state index in [2.05, 4.69) is 20.6 Å². The first-order valence-electron chi connectivity index (χ1n) is 10.1. The maximum absolute atomic E-state index is 13.2. The van der Waals surface area contributed by atoms with Crippen molar-refractivity contribution in [2.24, 2.45) is 11.7 Å². The molecule has 0 aromatic carbocycles. The van der Waals surface area contributed by atoms with Crippen molar-refractivity contribution in [2.75, 3.05) is 34.4 Å². The summed E-state index contributed by atoms with van der Waals surface area (Å²) in [6, 6.07) is 3.15. The Morgan fingerprint density at radius 3 is 2.78 bits per heavy atom. The van der Waals surface area contributed by atoms with E-state index in [4.69, 9.17) is 11.5 Å². The van der Waals surface area contributed by atoms with Crippen LogP contribution in [-0.4, -0.2) is 52.1 Å². The molecule has 0 aliphatic carbocycles. The predicted molar refractivity (Wildman–Crippen MR) is 126 cm³/mol. The number of amides is 2. The monoisotopic (exact) mass is 455 g/mol. The number of thiophene rings is 1. The Hall–Kier alpha value is -3.28. The van der Waals surface area contributed by atoms with Gasteiger partial charge in [-0.3, -0.25) is 19.6 Å². The minimum absolute atomic E-state index is 0.0195. The fraction of sp³-hybridized carbons (Fsp3) is 0.333. The molecule has 0 bridgehead atoms. The number of nitrogen functional groups attached to an aromatic ring is 1. The van der Waals surface area contributed by atoms with Crippen LogP contribution in [-0.2, 0) is 4.79 Å². The number of nitrogens with two attached hydrogens (primary N) is 2. The van der Waals surface area contributed by atoms with Crippen molar-refractivity contribution in [1.29, 1.82) is 0 Å². The largest absolute Gasteiger partial charge is 0.391 e. The fourth-order valence-electron chi connectivity index (χ4n) is 3.94. The zero-order valence-electron chi connectivity index (χ0n) is 17.7. The summed E-state index contributed by atoms with van der Waals surface area (Å²) in [7, 11) is 0. The lowest BCUT2D eigenvalue weighted by Crippen LogP contribution is -2.55. The molecule has 1 aliphatic rings. The third kappa shape index (κ3) is 4.22. The van der Waals surface area contributed by atoms with Crippen molar-refractivity contribution in [3.63, 3.8) is 0 Å². The highest BCUT2D eigenvalue weighted by Crippen LogP contribution is 2.35. The van der Waals surface area contributed by atoms with Crippen LogP contribution < -0.4 is 27.0 Å². The Kier molecular flexibility index (Phi) is 5.96. The summed E-state index contributed by atoms with van der Waals surface area (Å²) < 4.78 is 0.690. The molecule has 11 heteroatoms. The summed E-state index contributed by atoms with van der Waals surface area (Å²) in [6.45, 7) is 4.40. The van der Waals surface area contributed by atoms with Gasteiger partial charge in [-0.1, -0.05) is 6.92 Å². The summed E-state index contributed by atoms with van der Waals surface area (Å²) >= 11 is 1.22. The maximum atomic E-state index is 13.2. The van der Waals surface area contributed by atoms with E-state index in [1.54, 1.807) is 24.5 Å². The molecule has 4 rings (SSSR count). The number of nitrogens with zero attached hydrogens (tertiary/aromatic N) is 3. The quantitative estimate of drug-likeness (QED) is 0.397. The molecule has 10 nitrogen and oxygen atoms in total. The van der Waals surface area contributed by atoms with Gasteiger partial charge in [0.25, 0.3) is 5.91 Å². The summed E-state index contributed by atoms with van der Waals surface area (Å²) in [5.74, 6) is -0.636. The number of piperidine rings is 1. The highest BCUT2D eigenvalue weighted by atomic mass is 32.1. The molecule has 168 valence electrons. The van der Waals surface area contributed by atoms with Crippen molar-refractivity contribution >= 4 is 55.4 Å². The molecule has 0 saturated carbocycles. The lowest BCUT2D eigenvalue weighted by Gasteiger charge is -2.40. The zero-order chi connectivity index (χ0) is 23.0. The van der Waals surface area contributed by atoms with Gasteiger partial charge in [-0.05, 0) is 12.1 Å². The number of fused-ring (bicyclic) bond motifs is 1. The predicted octanol–water partition coefficient (Wildman–Crippen LogP) is 1.63. The van der Waals surface area contributed by atoms with E-state index in [1.165, 1.54) is 24.5 Å². The molecule has 3 aromatic heterocycles. The summed E-state index contributed by atoms with van der Waals surface area (Å²) in [4.78, 5) is 35.0. The van der Waals surface area contributed by atoms with Gasteiger partial charge < -0.3 is 32.1 Å². The lowest BCUT2D eigenvalue weighted by molar-refractivity contribution is -0.114. The Bertz CT molecular complexity index is 1170. The van der Waals surface area contributed by atoms with Crippen LogP contribution in [0, 0.1) is 5.92 Å². The van der Waals surface area contributed by atoms with E-state index in [9.17, 15) is 14.7 Å². The van der Waals surface area contributed by atoms with Gasteiger partial charge in [0.2, 0.25) is 5.91 Å². The number of aromatic nitrogens is 2. The van der Waals surface area contributed by atoms with Crippen LogP contribution >= 0.6 is 11.3 Å². The maximum Gasteiger partial charge on any atom is 0.260 e. The van der Waals surface area contributed by atoms with Crippen molar-refractivity contribution in [1.82, 2.24) is 9.97 Å². The van der Waals surface area contributed by atoms with E-state index < -0.39 is 18.1 Å². The van der Waals surface area contributed by atoms with Gasteiger partial charge in [0.1, 0.15) is 10.6 Å². The van der Waals surface area contributed by atoms with Gasteiger partial charge in [-0.15, -0.1) is 11.3 Å². The number of anilines is 4. The number of aliphatic hydroxyl groups is 1. The first kappa shape index (κ1) is 21.9. The van der Waals surface area contributed by atoms with Crippen molar-refractivity contribution in [3.8, 4) is 0 Å². The Morgan fingerprint density at radius 2 is 2.06 bits per heavy atom. The van der Waals surface area contributed by atoms with Crippen LogP contribution in [0.2, 0.25) is 0 Å². The normalized spacial score (nSPS) is 20.9. The molecular weight excluding hydrogens is 430 g/mol. The van der Waals surface area contributed by atoms with Crippen LogP contribution in [0.4, 0.5) is 22.1 Å². The molecule has 4 heterocycles. The minimum Gasteiger partial charge on any atom is -0.391 e. The lowest BCUT2D eigenvalue weighted by atomic mass is 9.92. The molecule has 3 aromatic rings. The Morgan fingerprint density at radius 1 is 1.28 bits per heavy atom. The second kappa shape index (κ2) is 8.69. The molecule has 1 saturated heterocycles. The smallest absolute Gasteiger partial charge is 0.260 e. The number of rotatable bonds is 4. The summed E-state index contributed by atoms with van der Waals surface area (Å²) in [5.41, 5.74) is 14.8. The van der Waals surface area contributed by atoms with Gasteiger partial charge in [0.05, 0.1) is 45.8 Å². The number of hydrogen-bond donors (Lipinski definition) is 5. The van der Waals surface area contributed by atoms with Gasteiger partial charge in [0.15, 0.2) is 0 Å². The highest BCUT2D eigenvalue weighted by molar-refractivity contribution is 7.23. The van der Waals surface area contributed by atoms with Crippen LogP contribution in [0.1, 0.15) is 24.2 Å². The number of aliphatic hydroxyl groups excluding tert-OH is 1. The van der Waals surface area contributed by atoms with E-state index >= 15 is 0 Å². The molecule has 0 spiro atoms. The first-order chi connectivity index (χ1) is 15.2. The van der Waals surface area contributed by atoms with Gasteiger partial charge >= 0.3 is 0 Å². The first-order valence-corrected chi connectivity index (χ1v) is 11.0. The average Bonchev–Trinajstić information content (AvgIpc) is 3.06. The number of carbonyl (C=O) groups is 2. The van der Waals surface area contributed by atoms with E-state index in [1.807, 2.05) is 11.8 Å². The topological polar surface area (TPSA) is 159 Å². The number of nitrogens with one attached hydrogen (secondary N) is 2.